The fraction of sp³-hybridized carbons (Fsp3) is 0.600. The summed E-state index contributed by atoms with van der Waals surface area (Å²) in [6.07, 6.45) is 4.30. The molecule has 0 spiro atoms. The highest BCUT2D eigenvalue weighted by atomic mass is 16.2. The van der Waals surface area contributed by atoms with E-state index >= 15 is 0 Å². The average Bonchev–Trinajstić information content (AvgIpc) is 2.94. The Bertz CT molecular complexity index is 403. The molecule has 0 aliphatic carbocycles. The lowest BCUT2D eigenvalue weighted by molar-refractivity contribution is -0.131. The summed E-state index contributed by atoms with van der Waals surface area (Å²) >= 11 is 0. The van der Waals surface area contributed by atoms with Gasteiger partial charge in [-0.3, -0.25) is 9.59 Å². The Labute approximate surface area is 98.8 Å². The van der Waals surface area contributed by atoms with Gasteiger partial charge in [0.15, 0.2) is 0 Å². The molecular weight excluding hydrogens is 222 g/mol. The SMILES string of the molecule is CC(=O)NCC(=O)N1CCC(n2ccnn2)C1. The number of likely N-dealkylation sites (tertiary alicyclic amines) is 1. The van der Waals surface area contributed by atoms with E-state index in [2.05, 4.69) is 15.6 Å². The van der Waals surface area contributed by atoms with Crippen LogP contribution in [0.1, 0.15) is 19.4 Å². The van der Waals surface area contributed by atoms with E-state index in [1.165, 1.54) is 6.92 Å². The Morgan fingerprint density at radius 1 is 1.53 bits per heavy atom. The molecule has 1 N–H and O–H groups in total. The molecule has 1 aromatic rings. The van der Waals surface area contributed by atoms with Crippen molar-refractivity contribution in [1.29, 1.82) is 0 Å². The lowest BCUT2D eigenvalue weighted by atomic mass is 10.3. The molecule has 0 radical (unpaired) electrons. The molecule has 92 valence electrons. The molecular formula is C10H15N5O2. The maximum Gasteiger partial charge on any atom is 0.242 e. The van der Waals surface area contributed by atoms with Gasteiger partial charge < -0.3 is 10.2 Å². The highest BCUT2D eigenvalue weighted by Crippen LogP contribution is 2.19. The molecule has 1 atom stereocenters. The van der Waals surface area contributed by atoms with E-state index < -0.39 is 0 Å². The summed E-state index contributed by atoms with van der Waals surface area (Å²) in [6.45, 7) is 2.79. The van der Waals surface area contributed by atoms with E-state index in [9.17, 15) is 9.59 Å². The number of carbonyl (C=O) groups is 2. The molecule has 1 unspecified atom stereocenters. The molecule has 2 heterocycles. The van der Waals surface area contributed by atoms with Crippen LogP contribution in [-0.2, 0) is 9.59 Å². The summed E-state index contributed by atoms with van der Waals surface area (Å²) in [5, 5.41) is 10.2. The second-order valence-corrected chi connectivity index (χ2v) is 4.08. The van der Waals surface area contributed by atoms with Gasteiger partial charge in [0.1, 0.15) is 0 Å². The van der Waals surface area contributed by atoms with Crippen molar-refractivity contribution in [2.75, 3.05) is 19.6 Å². The normalized spacial score (nSPS) is 19.4. The van der Waals surface area contributed by atoms with Gasteiger partial charge in [-0.25, -0.2) is 4.68 Å². The molecule has 17 heavy (non-hydrogen) atoms. The number of hydrogen-bond acceptors (Lipinski definition) is 4. The van der Waals surface area contributed by atoms with Gasteiger partial charge in [0.05, 0.1) is 18.8 Å². The van der Waals surface area contributed by atoms with Crippen molar-refractivity contribution in [3.63, 3.8) is 0 Å². The number of carbonyl (C=O) groups excluding carboxylic acids is 2. The molecule has 2 rings (SSSR count). The van der Waals surface area contributed by atoms with Crippen molar-refractivity contribution in [1.82, 2.24) is 25.2 Å². The van der Waals surface area contributed by atoms with Crippen LogP contribution >= 0.6 is 0 Å². The third-order valence-electron chi connectivity index (χ3n) is 2.82. The zero-order valence-electron chi connectivity index (χ0n) is 9.67. The topological polar surface area (TPSA) is 80.1 Å². The predicted molar refractivity (Wildman–Crippen MR) is 58.9 cm³/mol. The van der Waals surface area contributed by atoms with Gasteiger partial charge in [-0.05, 0) is 6.42 Å². The first-order chi connectivity index (χ1) is 8.16. The highest BCUT2D eigenvalue weighted by Gasteiger charge is 2.27. The van der Waals surface area contributed by atoms with E-state index in [0.29, 0.717) is 13.1 Å². The Kier molecular flexibility index (Phi) is 3.36. The lowest BCUT2D eigenvalue weighted by Gasteiger charge is -2.16. The highest BCUT2D eigenvalue weighted by molar-refractivity contribution is 5.83. The molecule has 1 aliphatic rings. The first-order valence-electron chi connectivity index (χ1n) is 5.55. The van der Waals surface area contributed by atoms with E-state index in [4.69, 9.17) is 0 Å². The number of aromatic nitrogens is 3. The second kappa shape index (κ2) is 4.94. The molecule has 0 saturated carbocycles. The van der Waals surface area contributed by atoms with Crippen molar-refractivity contribution < 1.29 is 9.59 Å². The van der Waals surface area contributed by atoms with E-state index in [1.807, 2.05) is 0 Å². The summed E-state index contributed by atoms with van der Waals surface area (Å²) in [4.78, 5) is 24.2. The molecule has 7 heteroatoms. The zero-order valence-corrected chi connectivity index (χ0v) is 9.67. The maximum atomic E-state index is 11.7. The van der Waals surface area contributed by atoms with Gasteiger partial charge in [-0.15, -0.1) is 5.10 Å². The third kappa shape index (κ3) is 2.80. The predicted octanol–water partition coefficient (Wildman–Crippen LogP) is -0.812. The van der Waals surface area contributed by atoms with Crippen LogP contribution in [0.15, 0.2) is 12.4 Å². The number of rotatable bonds is 3. The minimum Gasteiger partial charge on any atom is -0.347 e. The minimum atomic E-state index is -0.189. The average molecular weight is 237 g/mol. The quantitative estimate of drug-likeness (QED) is 0.745. The largest absolute Gasteiger partial charge is 0.347 e. The van der Waals surface area contributed by atoms with Crippen molar-refractivity contribution in [2.24, 2.45) is 0 Å². The van der Waals surface area contributed by atoms with Crippen LogP contribution in [0.2, 0.25) is 0 Å². The van der Waals surface area contributed by atoms with E-state index in [0.717, 1.165) is 6.42 Å². The van der Waals surface area contributed by atoms with Crippen LogP contribution < -0.4 is 5.32 Å². The summed E-state index contributed by atoms with van der Waals surface area (Å²) in [6, 6.07) is 0.193. The maximum absolute atomic E-state index is 11.7. The molecule has 2 amide bonds. The fourth-order valence-corrected chi connectivity index (χ4v) is 1.91. The molecule has 1 aromatic heterocycles. The first-order valence-corrected chi connectivity index (χ1v) is 5.55. The Hall–Kier alpha value is -1.92. The van der Waals surface area contributed by atoms with Crippen molar-refractivity contribution in [2.45, 2.75) is 19.4 Å². The molecule has 1 aliphatic heterocycles. The summed E-state index contributed by atoms with van der Waals surface area (Å²) in [7, 11) is 0. The summed E-state index contributed by atoms with van der Waals surface area (Å²) in [5.41, 5.74) is 0. The fourth-order valence-electron chi connectivity index (χ4n) is 1.91. The summed E-state index contributed by atoms with van der Waals surface area (Å²) < 4.78 is 1.77. The van der Waals surface area contributed by atoms with E-state index in [1.54, 1.807) is 22.0 Å². The minimum absolute atomic E-state index is 0.0529. The molecule has 0 bridgehead atoms. The van der Waals surface area contributed by atoms with Gasteiger partial charge in [0, 0.05) is 26.2 Å². The van der Waals surface area contributed by atoms with Crippen molar-refractivity contribution in [3.8, 4) is 0 Å². The first kappa shape index (κ1) is 11.6. The van der Waals surface area contributed by atoms with Crippen LogP contribution in [0.25, 0.3) is 0 Å². The van der Waals surface area contributed by atoms with Gasteiger partial charge in [-0.2, -0.15) is 0 Å². The number of nitrogens with one attached hydrogen (secondary N) is 1. The van der Waals surface area contributed by atoms with Gasteiger partial charge in [0.2, 0.25) is 11.8 Å². The van der Waals surface area contributed by atoms with Crippen molar-refractivity contribution in [3.05, 3.63) is 12.4 Å². The van der Waals surface area contributed by atoms with Crippen molar-refractivity contribution >= 4 is 11.8 Å². The van der Waals surface area contributed by atoms with Crippen LogP contribution in [0.5, 0.6) is 0 Å². The van der Waals surface area contributed by atoms with Gasteiger partial charge in [-0.1, -0.05) is 5.21 Å². The van der Waals surface area contributed by atoms with Crippen LogP contribution in [0.4, 0.5) is 0 Å². The second-order valence-electron chi connectivity index (χ2n) is 4.08. The van der Waals surface area contributed by atoms with Gasteiger partial charge in [0.25, 0.3) is 0 Å². The Morgan fingerprint density at radius 3 is 3.00 bits per heavy atom. The third-order valence-corrected chi connectivity index (χ3v) is 2.82. The molecule has 0 aromatic carbocycles. The van der Waals surface area contributed by atoms with Gasteiger partial charge >= 0.3 is 0 Å². The molecule has 7 nitrogen and oxygen atoms in total. The van der Waals surface area contributed by atoms with E-state index in [-0.39, 0.29) is 24.4 Å². The monoisotopic (exact) mass is 237 g/mol. The number of amides is 2. The van der Waals surface area contributed by atoms with Crippen LogP contribution in [0, 0.1) is 0 Å². The number of hydrogen-bond donors (Lipinski definition) is 1. The Balaban J connectivity index is 1.85. The van der Waals surface area contributed by atoms with Crippen LogP contribution in [0.3, 0.4) is 0 Å². The standard InChI is InChI=1S/C10H15N5O2/c1-8(16)11-6-10(17)14-4-2-9(7-14)15-5-3-12-13-15/h3,5,9H,2,4,6-7H2,1H3,(H,11,16). The smallest absolute Gasteiger partial charge is 0.242 e. The number of nitrogens with zero attached hydrogens (tertiary/aromatic N) is 4. The Morgan fingerprint density at radius 2 is 2.35 bits per heavy atom. The van der Waals surface area contributed by atoms with Crippen LogP contribution in [-0.4, -0.2) is 51.3 Å². The zero-order chi connectivity index (χ0) is 12.3. The summed E-state index contributed by atoms with van der Waals surface area (Å²) in [5.74, 6) is -0.242. The lowest BCUT2D eigenvalue weighted by Crippen LogP contribution is -2.38. The molecule has 1 saturated heterocycles. The molecule has 1 fully saturated rings.